The van der Waals surface area contributed by atoms with Gasteiger partial charge in [0.25, 0.3) is 0 Å². The zero-order valence-corrected chi connectivity index (χ0v) is 18.3. The van der Waals surface area contributed by atoms with Gasteiger partial charge in [-0.1, -0.05) is 36.4 Å². The first-order valence-corrected chi connectivity index (χ1v) is 11.3. The molecule has 0 radical (unpaired) electrons. The van der Waals surface area contributed by atoms with Gasteiger partial charge in [0, 0.05) is 6.42 Å². The number of halogens is 3. The SMILES string of the molecule is CCOC(=O)C(F)(F)CC(I)C(=O)OC1(C(C)C)C2CC3CC(C2)CC1C3. The maximum Gasteiger partial charge on any atom is 0.377 e. The first-order valence-electron chi connectivity index (χ1n) is 10.0. The van der Waals surface area contributed by atoms with Crippen LogP contribution in [0.1, 0.15) is 59.3 Å². The normalized spacial score (nSPS) is 36.0. The van der Waals surface area contributed by atoms with Crippen molar-refractivity contribution in [1.29, 1.82) is 0 Å². The van der Waals surface area contributed by atoms with Crippen molar-refractivity contribution in [1.82, 2.24) is 0 Å². The predicted molar refractivity (Wildman–Crippen MR) is 105 cm³/mol. The summed E-state index contributed by atoms with van der Waals surface area (Å²) >= 11 is 1.68. The van der Waals surface area contributed by atoms with Gasteiger partial charge in [0.1, 0.15) is 9.53 Å². The van der Waals surface area contributed by atoms with Crippen molar-refractivity contribution >= 4 is 34.5 Å². The number of hydrogen-bond donors (Lipinski definition) is 0. The molecule has 0 saturated heterocycles. The Morgan fingerprint density at radius 3 is 2.07 bits per heavy atom. The highest BCUT2D eigenvalue weighted by atomic mass is 127. The Labute approximate surface area is 173 Å². The van der Waals surface area contributed by atoms with Crippen molar-refractivity contribution in [2.45, 2.75) is 74.7 Å². The summed E-state index contributed by atoms with van der Waals surface area (Å²) in [7, 11) is 0. The maximum absolute atomic E-state index is 14.0. The van der Waals surface area contributed by atoms with Crippen LogP contribution in [0.4, 0.5) is 8.78 Å². The Morgan fingerprint density at radius 2 is 1.63 bits per heavy atom. The first kappa shape index (κ1) is 21.2. The lowest BCUT2D eigenvalue weighted by molar-refractivity contribution is -0.225. The Hall–Kier alpha value is -0.470. The molecular weight excluding hydrogens is 469 g/mol. The van der Waals surface area contributed by atoms with Crippen molar-refractivity contribution in [3.05, 3.63) is 0 Å². The van der Waals surface area contributed by atoms with E-state index in [0.717, 1.165) is 37.5 Å². The average Bonchev–Trinajstić information content (AvgIpc) is 2.56. The molecule has 0 spiro atoms. The standard InChI is InChI=1S/C20H29F2IO4/c1-4-26-18(25)19(21,22)10-16(23)17(24)27-20(11(2)3)14-6-12-5-13(8-14)9-15(20)7-12/h11-16H,4-10H2,1-3H3. The van der Waals surface area contributed by atoms with Crippen LogP contribution >= 0.6 is 22.6 Å². The van der Waals surface area contributed by atoms with Crippen molar-refractivity contribution in [2.75, 3.05) is 6.61 Å². The monoisotopic (exact) mass is 498 g/mol. The zero-order valence-electron chi connectivity index (χ0n) is 16.2. The summed E-state index contributed by atoms with van der Waals surface area (Å²) in [5.74, 6) is -3.64. The number of esters is 2. The zero-order chi connectivity index (χ0) is 20.0. The number of carbonyl (C=O) groups is 2. The predicted octanol–water partition coefficient (Wildman–Crippen LogP) is 4.77. The summed E-state index contributed by atoms with van der Waals surface area (Å²) < 4.78 is 37.5. The van der Waals surface area contributed by atoms with E-state index >= 15 is 0 Å². The molecule has 7 heteroatoms. The minimum atomic E-state index is -3.68. The molecule has 1 unspecified atom stereocenters. The fraction of sp³-hybridized carbons (Fsp3) is 0.900. The maximum atomic E-state index is 14.0. The van der Waals surface area contributed by atoms with E-state index in [1.807, 2.05) is 0 Å². The fourth-order valence-electron chi connectivity index (χ4n) is 6.01. The molecule has 4 aliphatic carbocycles. The van der Waals surface area contributed by atoms with Gasteiger partial charge in [0.2, 0.25) is 0 Å². The second-order valence-corrected chi connectivity index (χ2v) is 10.3. The molecule has 4 aliphatic rings. The lowest BCUT2D eigenvalue weighted by Crippen LogP contribution is -2.62. The van der Waals surface area contributed by atoms with E-state index in [1.165, 1.54) is 13.3 Å². The average molecular weight is 498 g/mol. The summed E-state index contributed by atoms with van der Waals surface area (Å²) in [6.45, 7) is 5.51. The second kappa shape index (κ2) is 7.75. The molecule has 4 bridgehead atoms. The third-order valence-electron chi connectivity index (χ3n) is 6.86. The topological polar surface area (TPSA) is 52.6 Å². The van der Waals surface area contributed by atoms with Crippen LogP contribution in [0.3, 0.4) is 0 Å². The first-order chi connectivity index (χ1) is 12.6. The van der Waals surface area contributed by atoms with E-state index in [0.29, 0.717) is 11.8 Å². The molecule has 154 valence electrons. The highest BCUT2D eigenvalue weighted by Crippen LogP contribution is 2.61. The van der Waals surface area contributed by atoms with Crippen LogP contribution in [-0.4, -0.2) is 34.0 Å². The van der Waals surface area contributed by atoms with Gasteiger partial charge in [-0.2, -0.15) is 8.78 Å². The quantitative estimate of drug-likeness (QED) is 0.288. The van der Waals surface area contributed by atoms with Crippen LogP contribution in [0.25, 0.3) is 0 Å². The highest BCUT2D eigenvalue weighted by molar-refractivity contribution is 14.1. The molecule has 4 fully saturated rings. The molecule has 4 nitrogen and oxygen atoms in total. The van der Waals surface area contributed by atoms with Crippen LogP contribution in [0.2, 0.25) is 0 Å². The van der Waals surface area contributed by atoms with E-state index < -0.39 is 33.8 Å². The largest absolute Gasteiger partial charge is 0.462 e. The summed E-state index contributed by atoms with van der Waals surface area (Å²) in [6.07, 6.45) is 4.69. The molecule has 1 atom stereocenters. The van der Waals surface area contributed by atoms with Gasteiger partial charge >= 0.3 is 17.9 Å². The summed E-state index contributed by atoms with van der Waals surface area (Å²) in [4.78, 5) is 24.2. The molecule has 0 aromatic rings. The highest BCUT2D eigenvalue weighted by Gasteiger charge is 2.61. The second-order valence-electron chi connectivity index (χ2n) is 8.83. The molecular formula is C20H29F2IO4. The smallest absolute Gasteiger partial charge is 0.377 e. The van der Waals surface area contributed by atoms with E-state index in [9.17, 15) is 18.4 Å². The van der Waals surface area contributed by atoms with Crippen LogP contribution in [0.15, 0.2) is 0 Å². The van der Waals surface area contributed by atoms with Gasteiger partial charge < -0.3 is 9.47 Å². The third kappa shape index (κ3) is 3.86. The number of ether oxygens (including phenoxy) is 2. The Bertz CT molecular complexity index is 565. The van der Waals surface area contributed by atoms with Crippen molar-refractivity contribution in [2.24, 2.45) is 29.6 Å². The van der Waals surface area contributed by atoms with Gasteiger partial charge in [-0.15, -0.1) is 0 Å². The van der Waals surface area contributed by atoms with Crippen LogP contribution in [0.5, 0.6) is 0 Å². The number of carbonyl (C=O) groups excluding carboxylic acids is 2. The summed E-state index contributed by atoms with van der Waals surface area (Å²) in [5, 5.41) is 0. The number of alkyl halides is 3. The van der Waals surface area contributed by atoms with Crippen molar-refractivity contribution in [3.8, 4) is 0 Å². The van der Waals surface area contributed by atoms with E-state index in [-0.39, 0.29) is 12.5 Å². The summed E-state index contributed by atoms with van der Waals surface area (Å²) in [5.41, 5.74) is -0.548. The molecule has 27 heavy (non-hydrogen) atoms. The van der Waals surface area contributed by atoms with E-state index in [2.05, 4.69) is 18.6 Å². The summed E-state index contributed by atoms with van der Waals surface area (Å²) in [6, 6.07) is 0. The fourth-order valence-corrected chi connectivity index (χ4v) is 6.69. The van der Waals surface area contributed by atoms with Gasteiger partial charge in [0.05, 0.1) is 6.61 Å². The Kier molecular flexibility index (Phi) is 6.10. The lowest BCUT2D eigenvalue weighted by atomic mass is 9.47. The minimum Gasteiger partial charge on any atom is -0.462 e. The van der Waals surface area contributed by atoms with Crippen LogP contribution < -0.4 is 0 Å². The Morgan fingerprint density at radius 1 is 1.11 bits per heavy atom. The van der Waals surface area contributed by atoms with Gasteiger partial charge in [-0.25, -0.2) is 4.79 Å². The number of hydrogen-bond acceptors (Lipinski definition) is 4. The molecule has 4 saturated carbocycles. The van der Waals surface area contributed by atoms with Crippen molar-refractivity contribution in [3.63, 3.8) is 0 Å². The minimum absolute atomic E-state index is 0.118. The molecule has 4 rings (SSSR count). The molecule has 0 aromatic carbocycles. The van der Waals surface area contributed by atoms with Crippen LogP contribution in [0, 0.1) is 29.6 Å². The molecule has 0 amide bonds. The van der Waals surface area contributed by atoms with Gasteiger partial charge in [0.15, 0.2) is 0 Å². The molecule has 0 heterocycles. The lowest BCUT2D eigenvalue weighted by Gasteiger charge is -2.62. The van der Waals surface area contributed by atoms with Gasteiger partial charge in [-0.3, -0.25) is 4.79 Å². The Balaban J connectivity index is 1.72. The van der Waals surface area contributed by atoms with E-state index in [1.54, 1.807) is 22.6 Å². The van der Waals surface area contributed by atoms with Crippen LogP contribution in [-0.2, 0) is 19.1 Å². The van der Waals surface area contributed by atoms with E-state index in [4.69, 9.17) is 4.74 Å². The third-order valence-corrected chi connectivity index (χ3v) is 7.81. The molecule has 0 N–H and O–H groups in total. The molecule has 0 aromatic heterocycles. The molecule has 0 aliphatic heterocycles. The van der Waals surface area contributed by atoms with Gasteiger partial charge in [-0.05, 0) is 68.6 Å². The van der Waals surface area contributed by atoms with Crippen molar-refractivity contribution < 1.29 is 27.8 Å². The number of rotatable bonds is 7.